The topological polar surface area (TPSA) is 101 Å². The fourth-order valence-corrected chi connectivity index (χ4v) is 6.08. The van der Waals surface area contributed by atoms with Gasteiger partial charge in [0.2, 0.25) is 16.0 Å². The van der Waals surface area contributed by atoms with Gasteiger partial charge in [-0.15, -0.1) is 10.2 Å². The van der Waals surface area contributed by atoms with Crippen LogP contribution < -0.4 is 10.1 Å². The molecule has 0 bridgehead atoms. The second-order valence-corrected chi connectivity index (χ2v) is 12.1. The zero-order valence-corrected chi connectivity index (χ0v) is 23.8. The van der Waals surface area contributed by atoms with Gasteiger partial charge >= 0.3 is 0 Å². The van der Waals surface area contributed by atoms with E-state index in [1.165, 1.54) is 17.1 Å². The molecule has 1 aliphatic rings. The summed E-state index contributed by atoms with van der Waals surface area (Å²) in [5.41, 5.74) is 4.70. The Hall–Kier alpha value is -3.31. The van der Waals surface area contributed by atoms with Gasteiger partial charge in [-0.1, -0.05) is 11.6 Å². The van der Waals surface area contributed by atoms with Crippen LogP contribution >= 0.6 is 11.6 Å². The number of aromatic nitrogens is 3. The van der Waals surface area contributed by atoms with Crippen molar-refractivity contribution in [3.63, 3.8) is 0 Å². The molecule has 1 aromatic heterocycles. The number of hydrogen-bond donors (Lipinski definition) is 1. The maximum absolute atomic E-state index is 13.0. The van der Waals surface area contributed by atoms with E-state index in [1.807, 2.05) is 31.2 Å². The molecule has 9 nitrogen and oxygen atoms in total. The van der Waals surface area contributed by atoms with Crippen molar-refractivity contribution in [2.45, 2.75) is 24.7 Å². The zero-order chi connectivity index (χ0) is 27.6. The Morgan fingerprint density at radius 2 is 1.74 bits per heavy atom. The Kier molecular flexibility index (Phi) is 7.99. The van der Waals surface area contributed by atoms with Gasteiger partial charge in [0.1, 0.15) is 11.3 Å². The zero-order valence-electron chi connectivity index (χ0n) is 22.2. The molecule has 1 N–H and O–H groups in total. The lowest BCUT2D eigenvalue weighted by atomic mass is 9.99. The van der Waals surface area contributed by atoms with E-state index in [9.17, 15) is 8.42 Å². The molecule has 0 spiro atoms. The SMILES string of the molecule is COc1ccc(Cl)c(-c2cc3nnc(Nc4ccc(S(=O)(=O)N(C)CCN5CCCC5)cc4)nc3cc2C)c1. The highest BCUT2D eigenvalue weighted by molar-refractivity contribution is 7.89. The van der Waals surface area contributed by atoms with E-state index in [-0.39, 0.29) is 4.90 Å². The average molecular weight is 567 g/mol. The van der Waals surface area contributed by atoms with Crippen molar-refractivity contribution in [2.75, 3.05) is 45.7 Å². The molecule has 11 heteroatoms. The van der Waals surface area contributed by atoms with Gasteiger partial charge in [-0.2, -0.15) is 4.31 Å². The summed E-state index contributed by atoms with van der Waals surface area (Å²) in [5.74, 6) is 1.03. The third kappa shape index (κ3) is 5.99. The highest BCUT2D eigenvalue weighted by Gasteiger charge is 2.22. The minimum atomic E-state index is -3.57. The number of anilines is 2. The molecule has 0 aliphatic carbocycles. The number of halogens is 1. The first-order valence-corrected chi connectivity index (χ1v) is 14.6. The summed E-state index contributed by atoms with van der Waals surface area (Å²) in [6.07, 6.45) is 2.36. The molecule has 3 aromatic carbocycles. The number of nitrogens with zero attached hydrogens (tertiary/aromatic N) is 5. The van der Waals surface area contributed by atoms with Crippen molar-refractivity contribution in [3.05, 3.63) is 65.2 Å². The van der Waals surface area contributed by atoms with Crippen molar-refractivity contribution in [2.24, 2.45) is 0 Å². The maximum atomic E-state index is 13.0. The first-order valence-electron chi connectivity index (χ1n) is 12.8. The highest BCUT2D eigenvalue weighted by Crippen LogP contribution is 2.35. The van der Waals surface area contributed by atoms with Crippen LogP contribution in [-0.2, 0) is 10.0 Å². The van der Waals surface area contributed by atoms with Crippen LogP contribution in [0.3, 0.4) is 0 Å². The van der Waals surface area contributed by atoms with Crippen LogP contribution in [0.5, 0.6) is 5.75 Å². The van der Waals surface area contributed by atoms with Gasteiger partial charge < -0.3 is 15.0 Å². The average Bonchev–Trinajstić information content (AvgIpc) is 3.46. The van der Waals surface area contributed by atoms with E-state index in [1.54, 1.807) is 44.5 Å². The standard InChI is InChI=1S/C28H31ClN6O3S/c1-19-16-26-27(18-23(19)24-17-21(38-3)8-11-25(24)29)32-33-28(31-26)30-20-6-9-22(10-7-20)39(36,37)34(2)14-15-35-12-4-5-13-35/h6-11,16-18H,4-5,12-15H2,1-3H3,(H,30,31,33). The number of fused-ring (bicyclic) bond motifs is 1. The first kappa shape index (κ1) is 27.3. The van der Waals surface area contributed by atoms with E-state index in [4.69, 9.17) is 16.3 Å². The lowest BCUT2D eigenvalue weighted by molar-refractivity contribution is 0.310. The minimum absolute atomic E-state index is 0.244. The van der Waals surface area contributed by atoms with E-state index in [0.717, 1.165) is 36.3 Å². The van der Waals surface area contributed by atoms with Gasteiger partial charge in [0.05, 0.1) is 17.5 Å². The number of aryl methyl sites for hydroxylation is 1. The predicted octanol–water partition coefficient (Wildman–Crippen LogP) is 5.12. The molecular weight excluding hydrogens is 536 g/mol. The number of likely N-dealkylation sites (tertiary alicyclic amines) is 1. The Labute approximate surface area is 233 Å². The number of ether oxygens (including phenoxy) is 1. The number of sulfonamides is 1. The Morgan fingerprint density at radius 3 is 2.46 bits per heavy atom. The summed E-state index contributed by atoms with van der Waals surface area (Å²) < 4.78 is 32.8. The summed E-state index contributed by atoms with van der Waals surface area (Å²) in [7, 11) is -0.327. The number of likely N-dealkylation sites (N-methyl/N-ethyl adjacent to an activating group) is 1. The van der Waals surface area contributed by atoms with Crippen molar-refractivity contribution in [1.82, 2.24) is 24.4 Å². The Morgan fingerprint density at radius 1 is 1.00 bits per heavy atom. The number of benzene rings is 3. The molecule has 1 aliphatic heterocycles. The quantitative estimate of drug-likeness (QED) is 0.298. The number of methoxy groups -OCH3 is 1. The lowest BCUT2D eigenvalue weighted by Crippen LogP contribution is -2.35. The van der Waals surface area contributed by atoms with Crippen molar-refractivity contribution in [1.29, 1.82) is 0 Å². The monoisotopic (exact) mass is 566 g/mol. The Balaban J connectivity index is 1.31. The van der Waals surface area contributed by atoms with Crippen LogP contribution in [0.15, 0.2) is 59.5 Å². The second-order valence-electron chi connectivity index (χ2n) is 9.66. The molecule has 0 atom stereocenters. The smallest absolute Gasteiger partial charge is 0.247 e. The molecule has 2 heterocycles. The fourth-order valence-electron chi connectivity index (χ4n) is 4.70. The van der Waals surface area contributed by atoms with Crippen LogP contribution in [0.25, 0.3) is 22.2 Å². The summed E-state index contributed by atoms with van der Waals surface area (Å²) in [6, 6.07) is 15.9. The Bertz CT molecular complexity index is 1590. The normalized spacial score (nSPS) is 14.3. The van der Waals surface area contributed by atoms with E-state index < -0.39 is 10.0 Å². The largest absolute Gasteiger partial charge is 0.497 e. The maximum Gasteiger partial charge on any atom is 0.247 e. The van der Waals surface area contributed by atoms with Crippen LogP contribution in [-0.4, -0.2) is 73.1 Å². The molecule has 4 aromatic rings. The molecule has 1 fully saturated rings. The third-order valence-corrected chi connectivity index (χ3v) is 9.21. The lowest BCUT2D eigenvalue weighted by Gasteiger charge is -2.21. The number of hydrogen-bond acceptors (Lipinski definition) is 8. The number of rotatable bonds is 9. The van der Waals surface area contributed by atoms with Crippen LogP contribution in [0.1, 0.15) is 18.4 Å². The summed E-state index contributed by atoms with van der Waals surface area (Å²) in [4.78, 5) is 7.15. The molecular formula is C28H31ClN6O3S. The first-order chi connectivity index (χ1) is 18.7. The van der Waals surface area contributed by atoms with Gasteiger partial charge in [0.15, 0.2) is 0 Å². The van der Waals surface area contributed by atoms with E-state index in [0.29, 0.717) is 40.0 Å². The van der Waals surface area contributed by atoms with Crippen LogP contribution in [0.4, 0.5) is 11.6 Å². The van der Waals surface area contributed by atoms with Gasteiger partial charge in [0.25, 0.3) is 0 Å². The summed E-state index contributed by atoms with van der Waals surface area (Å²) >= 11 is 6.47. The van der Waals surface area contributed by atoms with Crippen LogP contribution in [0.2, 0.25) is 5.02 Å². The van der Waals surface area contributed by atoms with E-state index >= 15 is 0 Å². The molecule has 39 heavy (non-hydrogen) atoms. The van der Waals surface area contributed by atoms with Crippen LogP contribution in [0, 0.1) is 6.92 Å². The van der Waals surface area contributed by atoms with Crippen molar-refractivity contribution < 1.29 is 13.2 Å². The molecule has 1 saturated heterocycles. The molecule has 5 rings (SSSR count). The summed E-state index contributed by atoms with van der Waals surface area (Å²) in [6.45, 7) is 5.27. The summed E-state index contributed by atoms with van der Waals surface area (Å²) in [5, 5.41) is 12.3. The van der Waals surface area contributed by atoms with Crippen molar-refractivity contribution >= 4 is 44.3 Å². The predicted molar refractivity (Wildman–Crippen MR) is 154 cm³/mol. The molecule has 0 saturated carbocycles. The van der Waals surface area contributed by atoms with Crippen molar-refractivity contribution in [3.8, 4) is 16.9 Å². The minimum Gasteiger partial charge on any atom is -0.497 e. The number of nitrogens with one attached hydrogen (secondary N) is 1. The molecule has 204 valence electrons. The molecule has 0 radical (unpaired) electrons. The third-order valence-electron chi connectivity index (χ3n) is 7.01. The van der Waals surface area contributed by atoms with Gasteiger partial charge in [-0.25, -0.2) is 13.4 Å². The molecule has 0 amide bonds. The second kappa shape index (κ2) is 11.4. The van der Waals surface area contributed by atoms with Gasteiger partial charge in [0, 0.05) is 36.4 Å². The fraction of sp³-hybridized carbons (Fsp3) is 0.321. The van der Waals surface area contributed by atoms with Gasteiger partial charge in [-0.05, 0) is 98.6 Å². The highest BCUT2D eigenvalue weighted by atomic mass is 35.5. The van der Waals surface area contributed by atoms with Gasteiger partial charge in [-0.3, -0.25) is 0 Å². The van der Waals surface area contributed by atoms with E-state index in [2.05, 4.69) is 25.4 Å². The molecule has 0 unspecified atom stereocenters.